The van der Waals surface area contributed by atoms with Gasteiger partial charge >= 0.3 is 0 Å². The molecule has 3 heteroatoms. The van der Waals surface area contributed by atoms with Crippen molar-refractivity contribution in [3.63, 3.8) is 0 Å². The molecule has 0 saturated carbocycles. The monoisotopic (exact) mass is 381 g/mol. The largest absolute Gasteiger partial charge is 0.494 e. The predicted octanol–water partition coefficient (Wildman–Crippen LogP) is 5.98. The van der Waals surface area contributed by atoms with Crippen molar-refractivity contribution in [2.24, 2.45) is 0 Å². The van der Waals surface area contributed by atoms with Crippen LogP contribution in [0.5, 0.6) is 5.75 Å². The molecule has 152 valence electrons. The maximum absolute atomic E-state index is 12.4. The summed E-state index contributed by atoms with van der Waals surface area (Å²) < 4.78 is 5.81. The van der Waals surface area contributed by atoms with Gasteiger partial charge in [-0.3, -0.25) is 4.79 Å². The van der Waals surface area contributed by atoms with Gasteiger partial charge in [0.05, 0.1) is 6.61 Å². The normalized spacial score (nSPS) is 11.0. The molecule has 2 aromatic carbocycles. The summed E-state index contributed by atoms with van der Waals surface area (Å²) in [6.45, 7) is 1.95. The number of benzene rings is 2. The molecule has 0 atom stereocenters. The second-order valence-electron chi connectivity index (χ2n) is 7.70. The second kappa shape index (κ2) is 13.1. The molecule has 0 saturated heterocycles. The maximum Gasteiger partial charge on any atom is 0.193 e. The van der Waals surface area contributed by atoms with Gasteiger partial charge in [-0.25, -0.2) is 0 Å². The van der Waals surface area contributed by atoms with Crippen molar-refractivity contribution >= 4 is 5.78 Å². The Bertz CT molecular complexity index is 665. The summed E-state index contributed by atoms with van der Waals surface area (Å²) in [5.41, 5.74) is 1.41. The van der Waals surface area contributed by atoms with E-state index in [4.69, 9.17) is 4.74 Å². The SMILES string of the molecule is CN(C)CCCCCCCCCCOc1ccc(C(=O)c2ccccc2)cc1. The number of rotatable bonds is 14. The predicted molar refractivity (Wildman–Crippen MR) is 117 cm³/mol. The van der Waals surface area contributed by atoms with Gasteiger partial charge in [0.2, 0.25) is 0 Å². The zero-order valence-corrected chi connectivity index (χ0v) is 17.5. The van der Waals surface area contributed by atoms with Gasteiger partial charge in [-0.1, -0.05) is 68.9 Å². The number of unbranched alkanes of at least 4 members (excludes halogenated alkanes) is 7. The minimum atomic E-state index is 0.0499. The van der Waals surface area contributed by atoms with Crippen LogP contribution in [0.3, 0.4) is 0 Å². The first-order chi connectivity index (χ1) is 13.7. The van der Waals surface area contributed by atoms with Crippen LogP contribution in [-0.2, 0) is 0 Å². The van der Waals surface area contributed by atoms with Crippen molar-refractivity contribution in [2.75, 3.05) is 27.2 Å². The fraction of sp³-hybridized carbons (Fsp3) is 0.480. The number of hydrogen-bond donors (Lipinski definition) is 0. The van der Waals surface area contributed by atoms with E-state index in [1.54, 1.807) is 0 Å². The Morgan fingerprint density at radius 1 is 0.714 bits per heavy atom. The molecule has 0 unspecified atom stereocenters. The lowest BCUT2D eigenvalue weighted by Gasteiger charge is -2.09. The van der Waals surface area contributed by atoms with Crippen molar-refractivity contribution < 1.29 is 9.53 Å². The molecule has 0 N–H and O–H groups in total. The molecule has 0 fully saturated rings. The molecule has 0 spiro atoms. The molecule has 0 aliphatic rings. The van der Waals surface area contributed by atoms with Crippen LogP contribution in [-0.4, -0.2) is 37.9 Å². The molecule has 0 bridgehead atoms. The minimum Gasteiger partial charge on any atom is -0.494 e. The van der Waals surface area contributed by atoms with Crippen molar-refractivity contribution in [1.82, 2.24) is 4.90 Å². The fourth-order valence-electron chi connectivity index (χ4n) is 3.24. The number of carbonyl (C=O) groups excluding carboxylic acids is 1. The van der Waals surface area contributed by atoms with Crippen LogP contribution in [0.15, 0.2) is 54.6 Å². The third-order valence-corrected chi connectivity index (χ3v) is 4.92. The average molecular weight is 382 g/mol. The molecular weight excluding hydrogens is 346 g/mol. The van der Waals surface area contributed by atoms with E-state index in [9.17, 15) is 4.79 Å². The van der Waals surface area contributed by atoms with Crippen LogP contribution < -0.4 is 4.74 Å². The number of ketones is 1. The van der Waals surface area contributed by atoms with Crippen LogP contribution in [0.25, 0.3) is 0 Å². The standard InChI is InChI=1S/C25H35NO2/c1-26(2)20-12-7-5-3-4-6-8-13-21-28-24-18-16-23(17-19-24)25(27)22-14-10-9-11-15-22/h9-11,14-19H,3-8,12-13,20-21H2,1-2H3. The lowest BCUT2D eigenvalue weighted by molar-refractivity contribution is 0.103. The van der Waals surface area contributed by atoms with E-state index in [0.717, 1.165) is 18.8 Å². The van der Waals surface area contributed by atoms with Crippen molar-refractivity contribution in [1.29, 1.82) is 0 Å². The Labute approximate surface area is 170 Å². The molecule has 0 amide bonds. The first-order valence-electron chi connectivity index (χ1n) is 10.6. The van der Waals surface area contributed by atoms with Crippen LogP contribution >= 0.6 is 0 Å². The highest BCUT2D eigenvalue weighted by molar-refractivity contribution is 6.08. The van der Waals surface area contributed by atoms with Crippen molar-refractivity contribution in [3.8, 4) is 5.75 Å². The molecule has 2 aromatic rings. The first-order valence-corrected chi connectivity index (χ1v) is 10.6. The molecule has 0 radical (unpaired) electrons. The number of nitrogens with zero attached hydrogens (tertiary/aromatic N) is 1. The third-order valence-electron chi connectivity index (χ3n) is 4.92. The van der Waals surface area contributed by atoms with E-state index < -0.39 is 0 Å². The van der Waals surface area contributed by atoms with E-state index in [1.807, 2.05) is 54.6 Å². The van der Waals surface area contributed by atoms with Crippen LogP contribution in [0.1, 0.15) is 67.3 Å². The van der Waals surface area contributed by atoms with Gasteiger partial charge in [0.25, 0.3) is 0 Å². The summed E-state index contributed by atoms with van der Waals surface area (Å²) in [6, 6.07) is 16.9. The zero-order valence-electron chi connectivity index (χ0n) is 17.5. The molecule has 0 aliphatic heterocycles. The maximum atomic E-state index is 12.4. The van der Waals surface area contributed by atoms with E-state index in [1.165, 1.54) is 51.5 Å². The first kappa shape index (κ1) is 22.2. The third kappa shape index (κ3) is 8.71. The van der Waals surface area contributed by atoms with Gasteiger partial charge in [-0.15, -0.1) is 0 Å². The molecule has 0 aromatic heterocycles. The van der Waals surface area contributed by atoms with E-state index in [2.05, 4.69) is 19.0 Å². The second-order valence-corrected chi connectivity index (χ2v) is 7.70. The highest BCUT2D eigenvalue weighted by atomic mass is 16.5. The molecule has 3 nitrogen and oxygen atoms in total. The summed E-state index contributed by atoms with van der Waals surface area (Å²) in [7, 11) is 4.28. The van der Waals surface area contributed by atoms with E-state index >= 15 is 0 Å². The average Bonchev–Trinajstić information content (AvgIpc) is 2.72. The quantitative estimate of drug-likeness (QED) is 0.298. The smallest absolute Gasteiger partial charge is 0.193 e. The molecule has 2 rings (SSSR count). The molecule has 0 heterocycles. The van der Waals surface area contributed by atoms with E-state index in [-0.39, 0.29) is 5.78 Å². The Balaban J connectivity index is 1.53. The van der Waals surface area contributed by atoms with Gasteiger partial charge in [-0.05, 0) is 57.7 Å². The number of ether oxygens (including phenoxy) is 1. The topological polar surface area (TPSA) is 29.5 Å². The summed E-state index contributed by atoms with van der Waals surface area (Å²) in [4.78, 5) is 14.6. The van der Waals surface area contributed by atoms with Gasteiger partial charge in [-0.2, -0.15) is 0 Å². The van der Waals surface area contributed by atoms with Gasteiger partial charge in [0, 0.05) is 11.1 Å². The highest BCUT2D eigenvalue weighted by Crippen LogP contribution is 2.16. The number of carbonyl (C=O) groups is 1. The van der Waals surface area contributed by atoms with Crippen LogP contribution in [0.2, 0.25) is 0 Å². The Morgan fingerprint density at radius 2 is 1.25 bits per heavy atom. The van der Waals surface area contributed by atoms with Gasteiger partial charge in [0.15, 0.2) is 5.78 Å². The molecule has 28 heavy (non-hydrogen) atoms. The Hall–Kier alpha value is -2.13. The summed E-state index contributed by atoms with van der Waals surface area (Å²) in [5, 5.41) is 0. The Kier molecular flexibility index (Phi) is 10.4. The van der Waals surface area contributed by atoms with Crippen LogP contribution in [0.4, 0.5) is 0 Å². The van der Waals surface area contributed by atoms with Crippen LogP contribution in [0, 0.1) is 0 Å². The van der Waals surface area contributed by atoms with Gasteiger partial charge in [0.1, 0.15) is 5.75 Å². The molecular formula is C25H35NO2. The van der Waals surface area contributed by atoms with E-state index in [0.29, 0.717) is 11.1 Å². The summed E-state index contributed by atoms with van der Waals surface area (Å²) >= 11 is 0. The highest BCUT2D eigenvalue weighted by Gasteiger charge is 2.08. The van der Waals surface area contributed by atoms with Crippen molar-refractivity contribution in [2.45, 2.75) is 51.4 Å². The minimum absolute atomic E-state index is 0.0499. The summed E-state index contributed by atoms with van der Waals surface area (Å²) in [5.74, 6) is 0.888. The fourth-order valence-corrected chi connectivity index (χ4v) is 3.24. The van der Waals surface area contributed by atoms with Crippen molar-refractivity contribution in [3.05, 3.63) is 65.7 Å². The number of hydrogen-bond acceptors (Lipinski definition) is 3. The Morgan fingerprint density at radius 3 is 1.86 bits per heavy atom. The lowest BCUT2D eigenvalue weighted by Crippen LogP contribution is -2.12. The molecule has 0 aliphatic carbocycles. The lowest BCUT2D eigenvalue weighted by atomic mass is 10.0. The zero-order chi connectivity index (χ0) is 20.0. The summed E-state index contributed by atoms with van der Waals surface area (Å²) in [6.07, 6.45) is 10.3. The van der Waals surface area contributed by atoms with Gasteiger partial charge < -0.3 is 9.64 Å².